The molecule has 0 aliphatic heterocycles. The van der Waals surface area contributed by atoms with Gasteiger partial charge in [-0.25, -0.2) is 0 Å². The number of carbonyl (C=O) groups is 1. The molecule has 0 amide bonds. The Kier molecular flexibility index (Phi) is 4.46. The lowest BCUT2D eigenvalue weighted by Crippen LogP contribution is -2.49. The van der Waals surface area contributed by atoms with E-state index in [-0.39, 0.29) is 5.54 Å². The molecule has 0 spiro atoms. The average molecular weight is 171 g/mol. The zero-order valence-electron chi connectivity index (χ0n) is 8.98. The standard InChI is InChI=1S/C10H21NO/c1-6-9(12)10(4,5)11(7-2)8-3/h6-8H2,1-5H3. The van der Waals surface area contributed by atoms with E-state index in [4.69, 9.17) is 0 Å². The maximum absolute atomic E-state index is 11.6. The molecule has 0 aromatic rings. The first-order valence-corrected chi connectivity index (χ1v) is 4.79. The van der Waals surface area contributed by atoms with Crippen LogP contribution in [0.1, 0.15) is 41.0 Å². The van der Waals surface area contributed by atoms with Gasteiger partial charge in [0.1, 0.15) is 0 Å². The van der Waals surface area contributed by atoms with Gasteiger partial charge in [-0.05, 0) is 26.9 Å². The van der Waals surface area contributed by atoms with Gasteiger partial charge in [-0.3, -0.25) is 9.69 Å². The highest BCUT2D eigenvalue weighted by atomic mass is 16.1. The SMILES string of the molecule is CCC(=O)C(C)(C)N(CC)CC. The third-order valence-electron chi connectivity index (χ3n) is 2.56. The molecular weight excluding hydrogens is 150 g/mol. The van der Waals surface area contributed by atoms with Crippen molar-refractivity contribution in [3.63, 3.8) is 0 Å². The molecule has 2 nitrogen and oxygen atoms in total. The summed E-state index contributed by atoms with van der Waals surface area (Å²) in [6.07, 6.45) is 0.628. The average Bonchev–Trinajstić information content (AvgIpc) is 2.04. The normalized spacial score (nSPS) is 12.2. The van der Waals surface area contributed by atoms with Crippen LogP contribution < -0.4 is 0 Å². The Morgan fingerprint density at radius 3 is 1.83 bits per heavy atom. The van der Waals surface area contributed by atoms with E-state index in [0.717, 1.165) is 13.1 Å². The summed E-state index contributed by atoms with van der Waals surface area (Å²) in [6, 6.07) is 0. The molecular formula is C10H21NO. The van der Waals surface area contributed by atoms with E-state index in [1.54, 1.807) is 0 Å². The van der Waals surface area contributed by atoms with Crippen LogP contribution in [0.15, 0.2) is 0 Å². The van der Waals surface area contributed by atoms with Crippen molar-refractivity contribution in [1.29, 1.82) is 0 Å². The molecule has 0 aliphatic rings. The van der Waals surface area contributed by atoms with Crippen molar-refractivity contribution in [3.8, 4) is 0 Å². The van der Waals surface area contributed by atoms with E-state index in [9.17, 15) is 4.79 Å². The molecule has 0 saturated heterocycles. The predicted molar refractivity (Wildman–Crippen MR) is 52.3 cm³/mol. The van der Waals surface area contributed by atoms with Gasteiger partial charge in [0.05, 0.1) is 5.54 Å². The Labute approximate surface area is 75.9 Å². The number of hydrogen-bond donors (Lipinski definition) is 0. The Balaban J connectivity index is 4.44. The second-order valence-electron chi connectivity index (χ2n) is 3.51. The second kappa shape index (κ2) is 4.61. The molecule has 0 radical (unpaired) electrons. The number of Topliss-reactive ketones (excluding diaryl/α,β-unsaturated/α-hetero) is 1. The summed E-state index contributed by atoms with van der Waals surface area (Å²) >= 11 is 0. The van der Waals surface area contributed by atoms with Gasteiger partial charge in [0.15, 0.2) is 5.78 Å². The van der Waals surface area contributed by atoms with Gasteiger partial charge >= 0.3 is 0 Å². The molecule has 0 bridgehead atoms. The molecule has 0 rings (SSSR count). The van der Waals surface area contributed by atoms with Crippen molar-refractivity contribution < 1.29 is 4.79 Å². The van der Waals surface area contributed by atoms with Crippen LogP contribution >= 0.6 is 0 Å². The van der Waals surface area contributed by atoms with Crippen LogP contribution in [-0.2, 0) is 4.79 Å². The Morgan fingerprint density at radius 1 is 1.17 bits per heavy atom. The van der Waals surface area contributed by atoms with Gasteiger partial charge in [-0.15, -0.1) is 0 Å². The van der Waals surface area contributed by atoms with E-state index >= 15 is 0 Å². The number of hydrogen-bond acceptors (Lipinski definition) is 2. The summed E-state index contributed by atoms with van der Waals surface area (Å²) in [4.78, 5) is 13.7. The molecule has 0 aromatic heterocycles. The first kappa shape index (κ1) is 11.6. The highest BCUT2D eigenvalue weighted by molar-refractivity contribution is 5.87. The fourth-order valence-corrected chi connectivity index (χ4v) is 1.62. The highest BCUT2D eigenvalue weighted by Gasteiger charge is 2.30. The molecule has 0 heterocycles. The lowest BCUT2D eigenvalue weighted by atomic mass is 9.95. The molecule has 0 saturated carbocycles. The van der Waals surface area contributed by atoms with Crippen LogP contribution in [-0.4, -0.2) is 29.3 Å². The van der Waals surface area contributed by atoms with Crippen LogP contribution in [0.25, 0.3) is 0 Å². The van der Waals surface area contributed by atoms with Crippen molar-refractivity contribution in [2.75, 3.05) is 13.1 Å². The molecule has 0 aliphatic carbocycles. The predicted octanol–water partition coefficient (Wildman–Crippen LogP) is 2.09. The number of nitrogens with zero attached hydrogens (tertiary/aromatic N) is 1. The first-order chi connectivity index (χ1) is 5.50. The topological polar surface area (TPSA) is 20.3 Å². The monoisotopic (exact) mass is 171 g/mol. The molecule has 12 heavy (non-hydrogen) atoms. The van der Waals surface area contributed by atoms with Crippen molar-refractivity contribution in [2.45, 2.75) is 46.6 Å². The molecule has 0 aromatic carbocycles. The third-order valence-corrected chi connectivity index (χ3v) is 2.56. The van der Waals surface area contributed by atoms with Crippen LogP contribution in [0.4, 0.5) is 0 Å². The summed E-state index contributed by atoms with van der Waals surface area (Å²) in [5, 5.41) is 0. The minimum absolute atomic E-state index is 0.280. The fourth-order valence-electron chi connectivity index (χ4n) is 1.62. The van der Waals surface area contributed by atoms with Gasteiger partial charge in [0.2, 0.25) is 0 Å². The Morgan fingerprint density at radius 2 is 1.58 bits per heavy atom. The summed E-state index contributed by atoms with van der Waals surface area (Å²) < 4.78 is 0. The van der Waals surface area contributed by atoms with Gasteiger partial charge in [0.25, 0.3) is 0 Å². The Bertz CT molecular complexity index is 148. The highest BCUT2D eigenvalue weighted by Crippen LogP contribution is 2.16. The number of likely N-dealkylation sites (N-methyl/N-ethyl adjacent to an activating group) is 1. The number of ketones is 1. The molecule has 0 unspecified atom stereocenters. The van der Waals surface area contributed by atoms with Crippen molar-refractivity contribution in [3.05, 3.63) is 0 Å². The van der Waals surface area contributed by atoms with E-state index < -0.39 is 0 Å². The smallest absolute Gasteiger partial charge is 0.152 e. The fraction of sp³-hybridized carbons (Fsp3) is 0.900. The van der Waals surface area contributed by atoms with Crippen molar-refractivity contribution >= 4 is 5.78 Å². The summed E-state index contributed by atoms with van der Waals surface area (Å²) in [6.45, 7) is 12.0. The lowest BCUT2D eigenvalue weighted by Gasteiger charge is -2.35. The lowest BCUT2D eigenvalue weighted by molar-refractivity contribution is -0.128. The van der Waals surface area contributed by atoms with Crippen LogP contribution in [0, 0.1) is 0 Å². The molecule has 0 atom stereocenters. The van der Waals surface area contributed by atoms with E-state index in [2.05, 4.69) is 18.7 Å². The summed E-state index contributed by atoms with van der Waals surface area (Å²) in [7, 11) is 0. The minimum Gasteiger partial charge on any atom is -0.298 e. The van der Waals surface area contributed by atoms with Crippen molar-refractivity contribution in [2.24, 2.45) is 0 Å². The molecule has 0 fully saturated rings. The maximum Gasteiger partial charge on any atom is 0.152 e. The zero-order valence-corrected chi connectivity index (χ0v) is 8.98. The molecule has 0 N–H and O–H groups in total. The molecule has 2 heteroatoms. The van der Waals surface area contributed by atoms with Gasteiger partial charge < -0.3 is 0 Å². The van der Waals surface area contributed by atoms with Crippen LogP contribution in [0.2, 0.25) is 0 Å². The quantitative estimate of drug-likeness (QED) is 0.631. The second-order valence-corrected chi connectivity index (χ2v) is 3.51. The molecule has 72 valence electrons. The van der Waals surface area contributed by atoms with E-state index in [1.165, 1.54) is 0 Å². The number of carbonyl (C=O) groups excluding carboxylic acids is 1. The summed E-state index contributed by atoms with van der Waals surface area (Å²) in [5.41, 5.74) is -0.280. The van der Waals surface area contributed by atoms with Crippen molar-refractivity contribution in [1.82, 2.24) is 4.90 Å². The largest absolute Gasteiger partial charge is 0.298 e. The van der Waals surface area contributed by atoms with Crippen LogP contribution in [0.3, 0.4) is 0 Å². The van der Waals surface area contributed by atoms with Gasteiger partial charge in [-0.2, -0.15) is 0 Å². The zero-order chi connectivity index (χ0) is 9.78. The Hall–Kier alpha value is -0.370. The maximum atomic E-state index is 11.6. The van der Waals surface area contributed by atoms with E-state index in [1.807, 2.05) is 20.8 Å². The van der Waals surface area contributed by atoms with E-state index in [0.29, 0.717) is 12.2 Å². The minimum atomic E-state index is -0.280. The summed E-state index contributed by atoms with van der Waals surface area (Å²) in [5.74, 6) is 0.325. The van der Waals surface area contributed by atoms with Gasteiger partial charge in [0, 0.05) is 6.42 Å². The third kappa shape index (κ3) is 2.31. The number of rotatable bonds is 5. The van der Waals surface area contributed by atoms with Crippen LogP contribution in [0.5, 0.6) is 0 Å². The first-order valence-electron chi connectivity index (χ1n) is 4.79. The van der Waals surface area contributed by atoms with Gasteiger partial charge in [-0.1, -0.05) is 20.8 Å².